The van der Waals surface area contributed by atoms with E-state index >= 15 is 0 Å². The van der Waals surface area contributed by atoms with Gasteiger partial charge in [-0.3, -0.25) is 9.79 Å². The molecule has 0 saturated carbocycles. The molecule has 2 aromatic rings. The fourth-order valence-corrected chi connectivity index (χ4v) is 5.80. The summed E-state index contributed by atoms with van der Waals surface area (Å²) in [6.45, 7) is 2.58. The first-order valence-electron chi connectivity index (χ1n) is 8.62. The Kier molecular flexibility index (Phi) is 3.78. The quantitative estimate of drug-likeness (QED) is 0.828. The third-order valence-electron chi connectivity index (χ3n) is 4.95. The average molecular weight is 371 g/mol. The zero-order chi connectivity index (χ0) is 16.8. The lowest BCUT2D eigenvalue weighted by atomic mass is 10.2. The smallest absolute Gasteiger partial charge is 0.229 e. The predicted molar refractivity (Wildman–Crippen MR) is 103 cm³/mol. The number of rotatable bonds is 3. The minimum atomic E-state index is 0.131. The largest absolute Gasteiger partial charge is 0.333 e. The van der Waals surface area contributed by atoms with Crippen molar-refractivity contribution in [2.75, 3.05) is 19.6 Å². The summed E-state index contributed by atoms with van der Waals surface area (Å²) in [5.41, 5.74) is 2.14. The number of likely N-dealkylation sites (tertiary alicyclic amines) is 1. The summed E-state index contributed by atoms with van der Waals surface area (Å²) in [6.07, 6.45) is 2.53. The van der Waals surface area contributed by atoms with Crippen LogP contribution >= 0.6 is 23.1 Å². The van der Waals surface area contributed by atoms with Gasteiger partial charge in [0, 0.05) is 18.8 Å². The molecule has 1 aromatic carbocycles. The first-order valence-corrected chi connectivity index (χ1v) is 10.3. The topological polar surface area (TPSA) is 48.8 Å². The van der Waals surface area contributed by atoms with Crippen LogP contribution < -0.4 is 0 Å². The van der Waals surface area contributed by atoms with E-state index in [1.54, 1.807) is 23.1 Å². The number of carbonyl (C=O) groups is 1. The Morgan fingerprint density at radius 2 is 2.20 bits per heavy atom. The fourth-order valence-electron chi connectivity index (χ4n) is 3.73. The summed E-state index contributed by atoms with van der Waals surface area (Å²) in [4.78, 5) is 26.4. The monoisotopic (exact) mass is 370 g/mol. The lowest BCUT2D eigenvalue weighted by molar-refractivity contribution is -0.131. The standard InChI is InChI=1S/C18H18N4OS2/c23-16(10-12-11-24-18-19-7-9-21(12)18)22-8-3-5-14(22)17-20-13-4-1-2-6-15(13)25-17/h1-2,4,6,11,14H,3,5,7-10H2/t14-/m1/s1. The Morgan fingerprint density at radius 3 is 3.12 bits per heavy atom. The number of amidine groups is 1. The van der Waals surface area contributed by atoms with Gasteiger partial charge in [-0.2, -0.15) is 0 Å². The molecule has 1 amide bonds. The maximum atomic E-state index is 13.0. The molecule has 0 unspecified atom stereocenters. The Morgan fingerprint density at radius 1 is 1.28 bits per heavy atom. The second-order valence-electron chi connectivity index (χ2n) is 6.48. The molecule has 3 aliphatic rings. The Balaban J connectivity index is 1.35. The van der Waals surface area contributed by atoms with Crippen LogP contribution in [0.25, 0.3) is 10.2 Å². The molecular formula is C18H18N4OS2. The SMILES string of the molecule is O=C(CC1=CSC2=NCCN12)N1CCC[C@@H]1c1nc2ccccc2s1. The number of amides is 1. The van der Waals surface area contributed by atoms with E-state index in [2.05, 4.69) is 21.4 Å². The maximum absolute atomic E-state index is 13.0. The molecule has 1 fully saturated rings. The third kappa shape index (κ3) is 2.66. The van der Waals surface area contributed by atoms with E-state index in [9.17, 15) is 4.79 Å². The van der Waals surface area contributed by atoms with Crippen LogP contribution in [0.3, 0.4) is 0 Å². The van der Waals surface area contributed by atoms with Gasteiger partial charge in [0.2, 0.25) is 5.91 Å². The second kappa shape index (κ2) is 6.14. The lowest BCUT2D eigenvalue weighted by Gasteiger charge is -2.25. The number of para-hydroxylation sites is 1. The van der Waals surface area contributed by atoms with Crippen molar-refractivity contribution in [2.45, 2.75) is 25.3 Å². The third-order valence-corrected chi connectivity index (χ3v) is 7.04. The summed E-state index contributed by atoms with van der Waals surface area (Å²) in [7, 11) is 0. The van der Waals surface area contributed by atoms with Crippen molar-refractivity contribution in [3.05, 3.63) is 40.4 Å². The molecule has 0 bridgehead atoms. The van der Waals surface area contributed by atoms with Gasteiger partial charge in [-0.25, -0.2) is 4.98 Å². The van der Waals surface area contributed by atoms with Gasteiger partial charge in [-0.1, -0.05) is 23.9 Å². The molecular weight excluding hydrogens is 352 g/mol. The summed E-state index contributed by atoms with van der Waals surface area (Å²) in [5, 5.41) is 4.20. The van der Waals surface area contributed by atoms with Crippen molar-refractivity contribution in [2.24, 2.45) is 4.99 Å². The lowest BCUT2D eigenvalue weighted by Crippen LogP contribution is -2.32. The number of hydrogen-bond donors (Lipinski definition) is 0. The number of thiazole rings is 1. The highest BCUT2D eigenvalue weighted by molar-refractivity contribution is 8.16. The van der Waals surface area contributed by atoms with Gasteiger partial charge in [0.05, 0.1) is 29.2 Å². The zero-order valence-electron chi connectivity index (χ0n) is 13.7. The van der Waals surface area contributed by atoms with Crippen molar-refractivity contribution in [3.8, 4) is 0 Å². The summed E-state index contributed by atoms with van der Waals surface area (Å²) in [6, 6.07) is 8.34. The number of nitrogens with zero attached hydrogens (tertiary/aromatic N) is 4. The molecule has 4 heterocycles. The van der Waals surface area contributed by atoms with E-state index in [1.165, 1.54) is 4.70 Å². The van der Waals surface area contributed by atoms with E-state index < -0.39 is 0 Å². The van der Waals surface area contributed by atoms with Gasteiger partial charge in [-0.15, -0.1) is 11.3 Å². The molecule has 0 radical (unpaired) electrons. The number of carbonyl (C=O) groups excluding carboxylic acids is 1. The van der Waals surface area contributed by atoms with E-state index in [0.717, 1.165) is 53.9 Å². The number of hydrogen-bond acceptors (Lipinski definition) is 6. The van der Waals surface area contributed by atoms with Gasteiger partial charge in [0.15, 0.2) is 5.17 Å². The molecule has 0 spiro atoms. The zero-order valence-corrected chi connectivity index (χ0v) is 15.4. The minimum absolute atomic E-state index is 0.131. The molecule has 1 atom stereocenters. The molecule has 7 heteroatoms. The Hall–Kier alpha value is -1.86. The van der Waals surface area contributed by atoms with Crippen molar-refractivity contribution in [1.82, 2.24) is 14.8 Å². The van der Waals surface area contributed by atoms with Crippen LogP contribution in [0, 0.1) is 0 Å². The number of benzene rings is 1. The highest BCUT2D eigenvalue weighted by atomic mass is 32.2. The molecule has 1 saturated heterocycles. The first-order chi connectivity index (χ1) is 12.3. The summed E-state index contributed by atoms with van der Waals surface area (Å²) in [5.74, 6) is 0.210. The normalized spacial score (nSPS) is 22.5. The summed E-state index contributed by atoms with van der Waals surface area (Å²) >= 11 is 3.36. The van der Waals surface area contributed by atoms with Crippen molar-refractivity contribution in [3.63, 3.8) is 0 Å². The molecule has 0 N–H and O–H groups in total. The van der Waals surface area contributed by atoms with Gasteiger partial charge < -0.3 is 9.80 Å². The van der Waals surface area contributed by atoms with Crippen LogP contribution in [0.15, 0.2) is 40.4 Å². The average Bonchev–Trinajstić information content (AvgIpc) is 3.38. The van der Waals surface area contributed by atoms with Crippen molar-refractivity contribution < 1.29 is 4.79 Å². The van der Waals surface area contributed by atoms with Crippen molar-refractivity contribution >= 4 is 44.4 Å². The molecule has 5 nitrogen and oxygen atoms in total. The van der Waals surface area contributed by atoms with E-state index in [1.807, 2.05) is 23.1 Å². The van der Waals surface area contributed by atoms with Gasteiger partial charge in [-0.05, 0) is 30.4 Å². The van der Waals surface area contributed by atoms with E-state index in [4.69, 9.17) is 4.98 Å². The summed E-state index contributed by atoms with van der Waals surface area (Å²) < 4.78 is 1.20. The van der Waals surface area contributed by atoms with Gasteiger partial charge >= 0.3 is 0 Å². The molecule has 128 valence electrons. The van der Waals surface area contributed by atoms with Crippen LogP contribution in [0.1, 0.15) is 30.3 Å². The number of aliphatic imine (C=N–C) groups is 1. The van der Waals surface area contributed by atoms with Gasteiger partial charge in [0.25, 0.3) is 0 Å². The van der Waals surface area contributed by atoms with Gasteiger partial charge in [0.1, 0.15) is 5.01 Å². The number of thioether (sulfide) groups is 1. The molecule has 5 rings (SSSR count). The van der Waals surface area contributed by atoms with Crippen LogP contribution in [-0.2, 0) is 4.79 Å². The van der Waals surface area contributed by atoms with Crippen LogP contribution in [-0.4, -0.2) is 45.5 Å². The molecule has 0 aliphatic carbocycles. The van der Waals surface area contributed by atoms with E-state index in [-0.39, 0.29) is 11.9 Å². The predicted octanol–water partition coefficient (Wildman–Crippen LogP) is 3.61. The highest BCUT2D eigenvalue weighted by Crippen LogP contribution is 2.38. The minimum Gasteiger partial charge on any atom is -0.333 e. The fraction of sp³-hybridized carbons (Fsp3) is 0.389. The van der Waals surface area contributed by atoms with Crippen molar-refractivity contribution in [1.29, 1.82) is 0 Å². The molecule has 1 aromatic heterocycles. The Labute approximate surface area is 154 Å². The maximum Gasteiger partial charge on any atom is 0.229 e. The van der Waals surface area contributed by atoms with Crippen LogP contribution in [0.2, 0.25) is 0 Å². The Bertz CT molecular complexity index is 870. The van der Waals surface area contributed by atoms with Crippen LogP contribution in [0.5, 0.6) is 0 Å². The first kappa shape index (κ1) is 15.4. The molecule has 25 heavy (non-hydrogen) atoms. The number of fused-ring (bicyclic) bond motifs is 2. The number of aromatic nitrogens is 1. The van der Waals surface area contributed by atoms with E-state index in [0.29, 0.717) is 6.42 Å². The molecule has 3 aliphatic heterocycles. The van der Waals surface area contributed by atoms with Crippen LogP contribution in [0.4, 0.5) is 0 Å². The highest BCUT2D eigenvalue weighted by Gasteiger charge is 2.34. The second-order valence-corrected chi connectivity index (χ2v) is 8.38.